The number of hydrogen-bond donors (Lipinski definition) is 4. The van der Waals surface area contributed by atoms with Crippen LogP contribution in [0.15, 0.2) is 18.6 Å². The van der Waals surface area contributed by atoms with Gasteiger partial charge < -0.3 is 26.2 Å². The van der Waals surface area contributed by atoms with E-state index in [1.807, 2.05) is 27.7 Å². The van der Waals surface area contributed by atoms with E-state index in [-0.39, 0.29) is 35.4 Å². The highest BCUT2D eigenvalue weighted by Gasteiger charge is 2.53. The average molecular weight is 708 g/mol. The molecule has 1 aromatic rings. The maximum atomic E-state index is 14.6. The van der Waals surface area contributed by atoms with E-state index in [1.165, 1.54) is 18.6 Å². The van der Waals surface area contributed by atoms with Crippen molar-refractivity contribution in [1.29, 1.82) is 0 Å². The number of Topliss-reactive ketones (excluding diaryl/α,β-unsaturated/α-hetero) is 1. The summed E-state index contributed by atoms with van der Waals surface area (Å²) < 4.78 is 0. The maximum absolute atomic E-state index is 14.6. The molecule has 5 atom stereocenters. The molecular formula is C38H57N7O6. The molecular weight excluding hydrogens is 650 g/mol. The van der Waals surface area contributed by atoms with Gasteiger partial charge in [0.1, 0.15) is 23.8 Å². The Morgan fingerprint density at radius 3 is 2.12 bits per heavy atom. The summed E-state index contributed by atoms with van der Waals surface area (Å²) in [7, 11) is 0. The fourth-order valence-electron chi connectivity index (χ4n) is 8.07. The van der Waals surface area contributed by atoms with Crippen molar-refractivity contribution >= 4 is 35.3 Å². The zero-order valence-electron chi connectivity index (χ0n) is 30.7. The number of nitrogens with zero attached hydrogens (tertiary/aromatic N) is 3. The van der Waals surface area contributed by atoms with Crippen molar-refractivity contribution in [2.24, 2.45) is 23.2 Å². The lowest BCUT2D eigenvalue weighted by Gasteiger charge is -2.53. The maximum Gasteiger partial charge on any atom is 0.289 e. The molecule has 5 rings (SSSR count). The Hall–Kier alpha value is -3.90. The van der Waals surface area contributed by atoms with E-state index in [4.69, 9.17) is 0 Å². The molecule has 4 fully saturated rings. The van der Waals surface area contributed by atoms with E-state index in [0.29, 0.717) is 19.4 Å². The molecule has 13 heteroatoms. The van der Waals surface area contributed by atoms with Gasteiger partial charge in [0.15, 0.2) is 0 Å². The van der Waals surface area contributed by atoms with E-state index in [1.54, 1.807) is 4.90 Å². The molecule has 2 heterocycles. The first kappa shape index (κ1) is 38.3. The Morgan fingerprint density at radius 1 is 0.863 bits per heavy atom. The Balaban J connectivity index is 1.36. The molecule has 1 aliphatic heterocycles. The molecule has 5 amide bonds. The van der Waals surface area contributed by atoms with Crippen molar-refractivity contribution in [2.45, 2.75) is 148 Å². The number of nitrogens with one attached hydrogen (secondary N) is 4. The standard InChI is InChI=1S/C38H57N7O6/c1-5-12-27(31(46)36(50)41-25-17-18-25)42-35(49)30-26(23-13-8-6-9-14-23)22-45(30)37(51)32(38(2,3)4)44-34(48)29(24-15-10-7-11-16-24)43-33(47)28-21-39-19-20-40-28/h19-21,23-27,29-30,32H,5-18,22H2,1-4H3,(H,41,50)(H,42,49)(H,43,47)(H,44,48)/t26-,27+,29+,30?,32+/m0/s1. The highest BCUT2D eigenvalue weighted by atomic mass is 16.2. The molecule has 13 nitrogen and oxygen atoms in total. The predicted molar refractivity (Wildman–Crippen MR) is 190 cm³/mol. The second-order valence-electron chi connectivity index (χ2n) is 16.2. The Labute approximate surface area is 301 Å². The SMILES string of the molecule is CCC[C@@H](NC(=O)C1[C@H](C2CCCCC2)CN1C(=O)[C@@H](NC(=O)[C@H](NC(=O)c1cnccn1)C1CCCCC1)C(C)(C)C)C(=O)C(=O)NC1CC1. The second kappa shape index (κ2) is 17.1. The highest BCUT2D eigenvalue weighted by molar-refractivity contribution is 6.38. The number of carbonyl (C=O) groups excluding carboxylic acids is 6. The van der Waals surface area contributed by atoms with Gasteiger partial charge in [0.25, 0.3) is 11.8 Å². The topological polar surface area (TPSA) is 180 Å². The molecule has 0 bridgehead atoms. The molecule has 3 saturated carbocycles. The van der Waals surface area contributed by atoms with Crippen molar-refractivity contribution in [3.8, 4) is 0 Å². The van der Waals surface area contributed by atoms with Gasteiger partial charge in [-0.3, -0.25) is 33.8 Å². The number of likely N-dealkylation sites (tertiary alicyclic amines) is 1. The van der Waals surface area contributed by atoms with Crippen LogP contribution < -0.4 is 21.3 Å². The Kier molecular flexibility index (Phi) is 12.8. The van der Waals surface area contributed by atoms with Crippen LogP contribution >= 0.6 is 0 Å². The first-order valence-electron chi connectivity index (χ1n) is 19.2. The summed E-state index contributed by atoms with van der Waals surface area (Å²) in [6, 6.07) is -3.68. The molecule has 4 aliphatic rings. The average Bonchev–Trinajstić information content (AvgIpc) is 3.93. The van der Waals surface area contributed by atoms with Crippen LogP contribution in [-0.2, 0) is 24.0 Å². The van der Waals surface area contributed by atoms with Crippen LogP contribution in [-0.4, -0.2) is 86.9 Å². The van der Waals surface area contributed by atoms with Gasteiger partial charge in [-0.25, -0.2) is 4.98 Å². The van der Waals surface area contributed by atoms with Gasteiger partial charge in [0.05, 0.1) is 12.2 Å². The third-order valence-corrected chi connectivity index (χ3v) is 11.2. The number of hydrogen-bond acceptors (Lipinski definition) is 8. The van der Waals surface area contributed by atoms with Crippen molar-refractivity contribution in [2.75, 3.05) is 6.54 Å². The van der Waals surface area contributed by atoms with Gasteiger partial charge in [0.2, 0.25) is 23.5 Å². The highest BCUT2D eigenvalue weighted by Crippen LogP contribution is 2.41. The Morgan fingerprint density at radius 2 is 1.53 bits per heavy atom. The monoisotopic (exact) mass is 707 g/mol. The minimum absolute atomic E-state index is 0.0115. The number of ketones is 1. The van der Waals surface area contributed by atoms with E-state index in [0.717, 1.165) is 77.0 Å². The molecule has 1 aromatic heterocycles. The van der Waals surface area contributed by atoms with Gasteiger partial charge in [-0.1, -0.05) is 85.5 Å². The molecule has 1 saturated heterocycles. The lowest BCUT2D eigenvalue weighted by molar-refractivity contribution is -0.162. The van der Waals surface area contributed by atoms with Crippen molar-refractivity contribution in [3.05, 3.63) is 24.3 Å². The lowest BCUT2D eigenvalue weighted by Crippen LogP contribution is -2.71. The fraction of sp³-hybridized carbons (Fsp3) is 0.737. The number of aromatic nitrogens is 2. The van der Waals surface area contributed by atoms with Crippen molar-refractivity contribution < 1.29 is 28.8 Å². The third-order valence-electron chi connectivity index (χ3n) is 11.2. The van der Waals surface area contributed by atoms with Gasteiger partial charge in [-0.05, 0) is 49.4 Å². The van der Waals surface area contributed by atoms with E-state index < -0.39 is 59.0 Å². The van der Waals surface area contributed by atoms with Crippen molar-refractivity contribution in [3.63, 3.8) is 0 Å². The van der Waals surface area contributed by atoms with Gasteiger partial charge in [-0.2, -0.15) is 0 Å². The van der Waals surface area contributed by atoms with Crippen LogP contribution in [0.4, 0.5) is 0 Å². The van der Waals surface area contributed by atoms with Gasteiger partial charge >= 0.3 is 0 Å². The van der Waals surface area contributed by atoms with Crippen LogP contribution in [0, 0.1) is 23.2 Å². The quantitative estimate of drug-likeness (QED) is 0.213. The number of amides is 5. The van der Waals surface area contributed by atoms with Crippen LogP contribution in [0.3, 0.4) is 0 Å². The van der Waals surface area contributed by atoms with E-state index >= 15 is 0 Å². The van der Waals surface area contributed by atoms with E-state index in [2.05, 4.69) is 31.2 Å². The molecule has 4 N–H and O–H groups in total. The summed E-state index contributed by atoms with van der Waals surface area (Å²) in [5.41, 5.74) is -0.639. The normalized spacial score (nSPS) is 23.2. The smallest absolute Gasteiger partial charge is 0.289 e. The minimum atomic E-state index is -0.996. The fourth-order valence-corrected chi connectivity index (χ4v) is 8.07. The first-order chi connectivity index (χ1) is 24.4. The molecule has 51 heavy (non-hydrogen) atoms. The molecule has 280 valence electrons. The number of carbonyl (C=O) groups is 6. The third kappa shape index (κ3) is 9.71. The molecule has 0 aromatic carbocycles. The first-order valence-corrected chi connectivity index (χ1v) is 19.2. The molecule has 0 radical (unpaired) electrons. The summed E-state index contributed by atoms with van der Waals surface area (Å²) >= 11 is 0. The number of rotatable bonds is 14. The van der Waals surface area contributed by atoms with Gasteiger partial charge in [0, 0.05) is 30.9 Å². The van der Waals surface area contributed by atoms with E-state index in [9.17, 15) is 28.8 Å². The van der Waals surface area contributed by atoms with Crippen LogP contribution in [0.1, 0.15) is 128 Å². The van der Waals surface area contributed by atoms with Crippen LogP contribution in [0.25, 0.3) is 0 Å². The Bertz CT molecular complexity index is 1420. The predicted octanol–water partition coefficient (Wildman–Crippen LogP) is 3.23. The van der Waals surface area contributed by atoms with Crippen LogP contribution in [0.5, 0.6) is 0 Å². The molecule has 0 spiro atoms. The minimum Gasteiger partial charge on any atom is -0.347 e. The molecule has 3 aliphatic carbocycles. The lowest BCUT2D eigenvalue weighted by atomic mass is 9.70. The second-order valence-corrected chi connectivity index (χ2v) is 16.2. The largest absolute Gasteiger partial charge is 0.347 e. The van der Waals surface area contributed by atoms with Crippen LogP contribution in [0.2, 0.25) is 0 Å². The molecule has 1 unspecified atom stereocenters. The van der Waals surface area contributed by atoms with Crippen molar-refractivity contribution in [1.82, 2.24) is 36.1 Å². The summed E-state index contributed by atoms with van der Waals surface area (Å²) in [5, 5.41) is 11.5. The summed E-state index contributed by atoms with van der Waals surface area (Å²) in [6.07, 6.45) is 16.5. The summed E-state index contributed by atoms with van der Waals surface area (Å²) in [5.74, 6) is -3.08. The summed E-state index contributed by atoms with van der Waals surface area (Å²) in [4.78, 5) is 91.6. The summed E-state index contributed by atoms with van der Waals surface area (Å²) in [6.45, 7) is 7.86. The zero-order chi connectivity index (χ0) is 36.7. The zero-order valence-corrected chi connectivity index (χ0v) is 30.7. The van der Waals surface area contributed by atoms with Gasteiger partial charge in [-0.15, -0.1) is 0 Å².